The minimum Gasteiger partial charge on any atom is -0.497 e. The molecule has 17 heavy (non-hydrogen) atoms. The van der Waals surface area contributed by atoms with Gasteiger partial charge >= 0.3 is 0 Å². The van der Waals surface area contributed by atoms with Crippen molar-refractivity contribution < 1.29 is 9.47 Å². The molecule has 0 atom stereocenters. The third-order valence-corrected chi connectivity index (χ3v) is 2.50. The fourth-order valence-corrected chi connectivity index (χ4v) is 1.59. The molecule has 0 aliphatic rings. The molecule has 0 amide bonds. The minimum absolute atomic E-state index is 0.697. The van der Waals surface area contributed by atoms with Gasteiger partial charge in [-0.1, -0.05) is 11.3 Å². The Morgan fingerprint density at radius 2 is 2.06 bits per heavy atom. The molecule has 2 aromatic rings. The third-order valence-electron chi connectivity index (χ3n) is 2.50. The molecule has 0 fully saturated rings. The van der Waals surface area contributed by atoms with E-state index < -0.39 is 0 Å². The van der Waals surface area contributed by atoms with Gasteiger partial charge in [-0.05, 0) is 18.1 Å². The molecular weight excluding hydrogens is 220 g/mol. The van der Waals surface area contributed by atoms with Crippen LogP contribution in [-0.2, 0) is 12.8 Å². The summed E-state index contributed by atoms with van der Waals surface area (Å²) in [6, 6.07) is 5.76. The Morgan fingerprint density at radius 3 is 2.71 bits per heavy atom. The van der Waals surface area contributed by atoms with Crippen LogP contribution >= 0.6 is 0 Å². The zero-order chi connectivity index (χ0) is 12.1. The highest BCUT2D eigenvalue weighted by molar-refractivity contribution is 5.40. The van der Waals surface area contributed by atoms with Crippen LogP contribution in [0.4, 0.5) is 0 Å². The van der Waals surface area contributed by atoms with Gasteiger partial charge in [0.05, 0.1) is 14.2 Å². The number of methoxy groups -OCH3 is 2. The van der Waals surface area contributed by atoms with Crippen molar-refractivity contribution >= 4 is 0 Å². The molecule has 0 saturated carbocycles. The SMILES string of the molecule is COc1ccc(CCc2nn[nH]n2)c(OC)c1. The Kier molecular flexibility index (Phi) is 3.54. The summed E-state index contributed by atoms with van der Waals surface area (Å²) in [6.45, 7) is 0. The van der Waals surface area contributed by atoms with Crippen LogP contribution in [0.2, 0.25) is 0 Å². The van der Waals surface area contributed by atoms with Gasteiger partial charge in [-0.2, -0.15) is 5.21 Å². The lowest BCUT2D eigenvalue weighted by molar-refractivity contribution is 0.391. The van der Waals surface area contributed by atoms with Gasteiger partial charge in [-0.3, -0.25) is 0 Å². The first-order valence-electron chi connectivity index (χ1n) is 5.26. The molecule has 0 aliphatic heterocycles. The largest absolute Gasteiger partial charge is 0.497 e. The molecule has 1 N–H and O–H groups in total. The molecule has 90 valence electrons. The molecular formula is C11H14N4O2. The molecule has 0 spiro atoms. The van der Waals surface area contributed by atoms with Crippen LogP contribution in [0.1, 0.15) is 11.4 Å². The van der Waals surface area contributed by atoms with Gasteiger partial charge in [0.25, 0.3) is 0 Å². The molecule has 2 rings (SSSR count). The monoisotopic (exact) mass is 234 g/mol. The van der Waals surface area contributed by atoms with E-state index in [-0.39, 0.29) is 0 Å². The zero-order valence-corrected chi connectivity index (χ0v) is 9.80. The Balaban J connectivity index is 2.09. The highest BCUT2D eigenvalue weighted by atomic mass is 16.5. The lowest BCUT2D eigenvalue weighted by atomic mass is 10.1. The number of aromatic amines is 1. The van der Waals surface area contributed by atoms with E-state index in [4.69, 9.17) is 9.47 Å². The first-order chi connectivity index (χ1) is 8.33. The van der Waals surface area contributed by atoms with Gasteiger partial charge in [0, 0.05) is 12.5 Å². The molecule has 0 aliphatic carbocycles. The zero-order valence-electron chi connectivity index (χ0n) is 9.80. The average molecular weight is 234 g/mol. The Bertz CT molecular complexity index is 470. The highest BCUT2D eigenvalue weighted by Crippen LogP contribution is 2.25. The maximum Gasteiger partial charge on any atom is 0.174 e. The number of hydrogen-bond acceptors (Lipinski definition) is 5. The lowest BCUT2D eigenvalue weighted by Crippen LogP contribution is -1.97. The number of ether oxygens (including phenoxy) is 2. The second kappa shape index (κ2) is 5.29. The maximum absolute atomic E-state index is 5.31. The van der Waals surface area contributed by atoms with Gasteiger partial charge in [0.1, 0.15) is 11.5 Å². The predicted molar refractivity (Wildman–Crippen MR) is 61.1 cm³/mol. The molecule has 1 heterocycles. The van der Waals surface area contributed by atoms with Crippen molar-refractivity contribution in [1.29, 1.82) is 0 Å². The fraction of sp³-hybridized carbons (Fsp3) is 0.364. The summed E-state index contributed by atoms with van der Waals surface area (Å²) in [5.74, 6) is 2.29. The summed E-state index contributed by atoms with van der Waals surface area (Å²) in [7, 11) is 3.28. The van der Waals surface area contributed by atoms with E-state index in [1.807, 2.05) is 18.2 Å². The van der Waals surface area contributed by atoms with Crippen molar-refractivity contribution in [3.8, 4) is 11.5 Å². The molecule has 6 heteroatoms. The van der Waals surface area contributed by atoms with Crippen LogP contribution in [0.5, 0.6) is 11.5 Å². The van der Waals surface area contributed by atoms with E-state index in [9.17, 15) is 0 Å². The number of tetrazole rings is 1. The van der Waals surface area contributed by atoms with E-state index in [0.717, 1.165) is 29.9 Å². The molecule has 0 saturated heterocycles. The summed E-state index contributed by atoms with van der Waals surface area (Å²) < 4.78 is 10.5. The topological polar surface area (TPSA) is 72.9 Å². The molecule has 1 aromatic carbocycles. The van der Waals surface area contributed by atoms with Crippen LogP contribution in [-0.4, -0.2) is 34.8 Å². The number of aryl methyl sites for hydroxylation is 2. The summed E-state index contributed by atoms with van der Waals surface area (Å²) in [5.41, 5.74) is 1.10. The number of nitrogens with zero attached hydrogens (tertiary/aromatic N) is 3. The van der Waals surface area contributed by atoms with Gasteiger partial charge in [0.15, 0.2) is 5.82 Å². The standard InChI is InChI=1S/C11H14N4O2/c1-16-9-5-3-8(10(7-9)17-2)4-6-11-12-14-15-13-11/h3,5,7H,4,6H2,1-2H3,(H,12,13,14,15). The van der Waals surface area contributed by atoms with Crippen LogP contribution in [0.3, 0.4) is 0 Å². The number of aromatic nitrogens is 4. The Hall–Kier alpha value is -2.11. The van der Waals surface area contributed by atoms with E-state index in [0.29, 0.717) is 5.82 Å². The molecule has 0 radical (unpaired) electrons. The molecule has 0 bridgehead atoms. The second-order valence-corrected chi connectivity index (χ2v) is 3.51. The van der Waals surface area contributed by atoms with Crippen molar-refractivity contribution in [3.05, 3.63) is 29.6 Å². The number of benzene rings is 1. The first kappa shape index (κ1) is 11.4. The fourth-order valence-electron chi connectivity index (χ4n) is 1.59. The Morgan fingerprint density at radius 1 is 1.18 bits per heavy atom. The van der Waals surface area contributed by atoms with Crippen molar-refractivity contribution in [2.45, 2.75) is 12.8 Å². The van der Waals surface area contributed by atoms with Crippen LogP contribution < -0.4 is 9.47 Å². The number of H-pyrrole nitrogens is 1. The van der Waals surface area contributed by atoms with Crippen molar-refractivity contribution in [1.82, 2.24) is 20.6 Å². The summed E-state index contributed by atoms with van der Waals surface area (Å²) in [4.78, 5) is 0. The third kappa shape index (κ3) is 2.72. The first-order valence-corrected chi connectivity index (χ1v) is 5.26. The maximum atomic E-state index is 5.31. The van der Waals surface area contributed by atoms with E-state index in [2.05, 4.69) is 20.6 Å². The number of rotatable bonds is 5. The minimum atomic E-state index is 0.697. The van der Waals surface area contributed by atoms with Crippen molar-refractivity contribution in [3.63, 3.8) is 0 Å². The van der Waals surface area contributed by atoms with E-state index in [1.54, 1.807) is 14.2 Å². The Labute approximate surface area is 98.9 Å². The average Bonchev–Trinajstić information content (AvgIpc) is 2.89. The van der Waals surface area contributed by atoms with Gasteiger partial charge < -0.3 is 9.47 Å². The molecule has 1 aromatic heterocycles. The summed E-state index contributed by atoms with van der Waals surface area (Å²) in [5, 5.41) is 13.8. The highest BCUT2D eigenvalue weighted by Gasteiger charge is 2.06. The summed E-state index contributed by atoms with van der Waals surface area (Å²) in [6.07, 6.45) is 1.52. The van der Waals surface area contributed by atoms with E-state index >= 15 is 0 Å². The second-order valence-electron chi connectivity index (χ2n) is 3.51. The number of nitrogens with one attached hydrogen (secondary N) is 1. The van der Waals surface area contributed by atoms with Crippen molar-refractivity contribution in [2.75, 3.05) is 14.2 Å². The van der Waals surface area contributed by atoms with Gasteiger partial charge in [-0.15, -0.1) is 10.2 Å². The molecule has 6 nitrogen and oxygen atoms in total. The van der Waals surface area contributed by atoms with Crippen molar-refractivity contribution in [2.24, 2.45) is 0 Å². The number of hydrogen-bond donors (Lipinski definition) is 1. The summed E-state index contributed by atoms with van der Waals surface area (Å²) >= 11 is 0. The van der Waals surface area contributed by atoms with Crippen LogP contribution in [0.15, 0.2) is 18.2 Å². The van der Waals surface area contributed by atoms with Crippen LogP contribution in [0, 0.1) is 0 Å². The van der Waals surface area contributed by atoms with Gasteiger partial charge in [0.2, 0.25) is 0 Å². The smallest absolute Gasteiger partial charge is 0.174 e. The van der Waals surface area contributed by atoms with E-state index in [1.165, 1.54) is 0 Å². The normalized spacial score (nSPS) is 10.2. The van der Waals surface area contributed by atoms with Gasteiger partial charge in [-0.25, -0.2) is 0 Å². The predicted octanol–water partition coefficient (Wildman–Crippen LogP) is 1.00. The van der Waals surface area contributed by atoms with Crippen LogP contribution in [0.25, 0.3) is 0 Å². The lowest BCUT2D eigenvalue weighted by Gasteiger charge is -2.09. The quantitative estimate of drug-likeness (QED) is 0.835. The molecule has 0 unspecified atom stereocenters.